The quantitative estimate of drug-likeness (QED) is 0.523. The topological polar surface area (TPSA) is 83.6 Å². The second kappa shape index (κ2) is 3.70. The minimum atomic E-state index is -1.11. The van der Waals surface area contributed by atoms with Gasteiger partial charge in [-0.15, -0.1) is 23.4 Å². The molecule has 1 amide bonds. The maximum Gasteiger partial charge on any atom is 0.352 e. The van der Waals surface area contributed by atoms with Gasteiger partial charge in [-0.3, -0.25) is 9.69 Å². The van der Waals surface area contributed by atoms with Crippen LogP contribution >= 0.6 is 23.4 Å². The summed E-state index contributed by atoms with van der Waals surface area (Å²) in [6.45, 7) is 0. The molecule has 82 valence electrons. The van der Waals surface area contributed by atoms with E-state index in [9.17, 15) is 9.59 Å². The highest BCUT2D eigenvalue weighted by Crippen LogP contribution is 2.39. The molecule has 15 heavy (non-hydrogen) atoms. The van der Waals surface area contributed by atoms with Gasteiger partial charge < -0.3 is 10.8 Å². The molecule has 0 aliphatic carbocycles. The molecule has 2 aliphatic rings. The Hall–Kier alpha value is -0.720. The highest BCUT2D eigenvalue weighted by Gasteiger charge is 2.51. The van der Waals surface area contributed by atoms with Gasteiger partial charge in [0.15, 0.2) is 0 Å². The molecule has 5 nitrogen and oxygen atoms in total. The van der Waals surface area contributed by atoms with Crippen LogP contribution in [0.3, 0.4) is 0 Å². The molecule has 0 aromatic heterocycles. The number of β-lactam (4-membered cyclic amide) rings is 1. The Labute approximate surface area is 95.2 Å². The van der Waals surface area contributed by atoms with E-state index in [1.54, 1.807) is 0 Å². The number of rotatable bonds is 2. The average Bonchev–Trinajstić information content (AvgIpc) is 2.25. The highest BCUT2D eigenvalue weighted by atomic mass is 35.5. The largest absolute Gasteiger partial charge is 0.477 e. The Morgan fingerprint density at radius 1 is 1.73 bits per heavy atom. The van der Waals surface area contributed by atoms with E-state index in [0.717, 1.165) is 0 Å². The molecule has 2 aliphatic heterocycles. The van der Waals surface area contributed by atoms with Crippen LogP contribution in [0.1, 0.15) is 0 Å². The van der Waals surface area contributed by atoms with E-state index >= 15 is 0 Å². The predicted octanol–water partition coefficient (Wildman–Crippen LogP) is -0.194. The second-order valence-electron chi connectivity index (χ2n) is 3.33. The maximum absolute atomic E-state index is 11.4. The zero-order valence-corrected chi connectivity index (χ0v) is 9.22. The molecule has 1 fully saturated rings. The number of hydrogen-bond donors (Lipinski definition) is 2. The second-order valence-corrected chi connectivity index (χ2v) is 4.70. The smallest absolute Gasteiger partial charge is 0.352 e. The summed E-state index contributed by atoms with van der Waals surface area (Å²) in [6.07, 6.45) is 0. The molecule has 0 spiro atoms. The van der Waals surface area contributed by atoms with Gasteiger partial charge in [-0.2, -0.15) is 0 Å². The number of carboxylic acids is 1. The average molecular weight is 249 g/mol. The zero-order chi connectivity index (χ0) is 11.2. The third-order valence-corrected chi connectivity index (χ3v) is 4.14. The third kappa shape index (κ3) is 1.44. The van der Waals surface area contributed by atoms with Crippen LogP contribution in [0.2, 0.25) is 0 Å². The molecule has 2 rings (SSSR count). The number of carbonyl (C=O) groups excluding carboxylic acids is 1. The Morgan fingerprint density at radius 3 is 2.93 bits per heavy atom. The van der Waals surface area contributed by atoms with Crippen molar-refractivity contribution in [2.24, 2.45) is 5.73 Å². The maximum atomic E-state index is 11.4. The van der Waals surface area contributed by atoms with Crippen LogP contribution in [0.4, 0.5) is 0 Å². The summed E-state index contributed by atoms with van der Waals surface area (Å²) in [5, 5.41) is 8.77. The van der Waals surface area contributed by atoms with Crippen molar-refractivity contribution in [1.29, 1.82) is 0 Å². The van der Waals surface area contributed by atoms with Gasteiger partial charge in [0.1, 0.15) is 17.1 Å². The van der Waals surface area contributed by atoms with E-state index in [4.69, 9.17) is 22.4 Å². The number of hydrogen-bond acceptors (Lipinski definition) is 4. The van der Waals surface area contributed by atoms with Gasteiger partial charge in [0, 0.05) is 11.6 Å². The number of nitrogens with two attached hydrogens (primary N) is 1. The first-order valence-electron chi connectivity index (χ1n) is 4.29. The zero-order valence-electron chi connectivity index (χ0n) is 7.64. The Kier molecular flexibility index (Phi) is 2.66. The van der Waals surface area contributed by atoms with Crippen LogP contribution in [0, 0.1) is 0 Å². The van der Waals surface area contributed by atoms with Crippen molar-refractivity contribution < 1.29 is 14.7 Å². The summed E-state index contributed by atoms with van der Waals surface area (Å²) >= 11 is 7.09. The van der Waals surface area contributed by atoms with Crippen LogP contribution in [0.25, 0.3) is 0 Å². The Bertz CT molecular complexity index is 371. The fourth-order valence-electron chi connectivity index (χ4n) is 1.68. The number of halogens is 1. The van der Waals surface area contributed by atoms with Gasteiger partial charge in [0.05, 0.1) is 0 Å². The molecule has 0 bridgehead atoms. The number of nitrogens with zero attached hydrogens (tertiary/aromatic N) is 1. The summed E-state index contributed by atoms with van der Waals surface area (Å²) in [5.41, 5.74) is 6.15. The van der Waals surface area contributed by atoms with Crippen molar-refractivity contribution in [3.05, 3.63) is 11.3 Å². The van der Waals surface area contributed by atoms with Crippen LogP contribution in [0.15, 0.2) is 11.3 Å². The lowest BCUT2D eigenvalue weighted by Gasteiger charge is -2.47. The van der Waals surface area contributed by atoms with Crippen molar-refractivity contribution in [1.82, 2.24) is 4.90 Å². The van der Waals surface area contributed by atoms with Crippen LogP contribution in [-0.2, 0) is 9.59 Å². The van der Waals surface area contributed by atoms with E-state index in [-0.39, 0.29) is 22.9 Å². The summed E-state index contributed by atoms with van der Waals surface area (Å²) in [4.78, 5) is 23.7. The molecular formula is C8H9ClN2O3S. The normalized spacial score (nSPS) is 30.0. The van der Waals surface area contributed by atoms with E-state index in [1.165, 1.54) is 16.7 Å². The molecule has 0 aromatic rings. The van der Waals surface area contributed by atoms with Gasteiger partial charge in [-0.1, -0.05) is 0 Å². The van der Waals surface area contributed by atoms with Crippen molar-refractivity contribution >= 4 is 35.2 Å². The lowest BCUT2D eigenvalue weighted by Crippen LogP contribution is -2.68. The Morgan fingerprint density at radius 2 is 2.40 bits per heavy atom. The van der Waals surface area contributed by atoms with Crippen molar-refractivity contribution in [2.75, 3.05) is 11.6 Å². The first-order chi connectivity index (χ1) is 7.07. The fraction of sp³-hybridized carbons (Fsp3) is 0.500. The van der Waals surface area contributed by atoms with Gasteiger partial charge in [0.25, 0.3) is 0 Å². The van der Waals surface area contributed by atoms with E-state index in [0.29, 0.717) is 11.3 Å². The van der Waals surface area contributed by atoms with E-state index in [1.807, 2.05) is 0 Å². The number of amides is 1. The SMILES string of the molecule is NC1C(=O)N2C(C(=O)O)=C(CCl)CS[C@H]12. The summed E-state index contributed by atoms with van der Waals surface area (Å²) in [5.74, 6) is -0.809. The van der Waals surface area contributed by atoms with Crippen LogP contribution in [0.5, 0.6) is 0 Å². The van der Waals surface area contributed by atoms with E-state index in [2.05, 4.69) is 0 Å². The van der Waals surface area contributed by atoms with Gasteiger partial charge >= 0.3 is 5.97 Å². The minimum Gasteiger partial charge on any atom is -0.477 e. The van der Waals surface area contributed by atoms with Gasteiger partial charge in [0.2, 0.25) is 5.91 Å². The van der Waals surface area contributed by atoms with Crippen LogP contribution < -0.4 is 5.73 Å². The number of thioether (sulfide) groups is 1. The van der Waals surface area contributed by atoms with E-state index < -0.39 is 12.0 Å². The number of alkyl halides is 1. The number of carbonyl (C=O) groups is 2. The van der Waals surface area contributed by atoms with Crippen molar-refractivity contribution in [3.8, 4) is 0 Å². The molecular weight excluding hydrogens is 240 g/mol. The lowest BCUT2D eigenvalue weighted by molar-refractivity contribution is -0.147. The van der Waals surface area contributed by atoms with Gasteiger partial charge in [-0.05, 0) is 5.57 Å². The number of aliphatic carboxylic acids is 1. The molecule has 1 unspecified atom stereocenters. The fourth-order valence-corrected chi connectivity index (χ4v) is 3.31. The third-order valence-electron chi connectivity index (χ3n) is 2.45. The number of carboxylic acid groups (broad SMARTS) is 1. The summed E-state index contributed by atoms with van der Waals surface area (Å²) in [7, 11) is 0. The minimum absolute atomic E-state index is 0.0143. The number of fused-ring (bicyclic) bond motifs is 1. The molecule has 0 saturated carbocycles. The lowest BCUT2D eigenvalue weighted by atomic mass is 10.0. The summed E-state index contributed by atoms with van der Waals surface area (Å²) in [6, 6.07) is -0.582. The molecule has 7 heteroatoms. The standard InChI is InChI=1S/C8H9ClN2O3S/c9-1-3-2-15-7-4(10)6(12)11(7)5(3)8(13)14/h4,7H,1-2,10H2,(H,13,14)/t4?,7-/m1/s1. The van der Waals surface area contributed by atoms with Crippen LogP contribution in [-0.4, -0.2) is 44.9 Å². The molecule has 3 N–H and O–H groups in total. The molecule has 0 aromatic carbocycles. The molecule has 1 saturated heterocycles. The molecule has 0 radical (unpaired) electrons. The predicted molar refractivity (Wildman–Crippen MR) is 56.4 cm³/mol. The molecule has 2 heterocycles. The summed E-state index contributed by atoms with van der Waals surface area (Å²) < 4.78 is 0. The van der Waals surface area contributed by atoms with Crippen molar-refractivity contribution in [3.63, 3.8) is 0 Å². The first kappa shape index (κ1) is 10.8. The highest BCUT2D eigenvalue weighted by molar-refractivity contribution is 8.00. The Balaban J connectivity index is 2.38. The molecule has 2 atom stereocenters. The van der Waals surface area contributed by atoms with Gasteiger partial charge in [-0.25, -0.2) is 4.79 Å². The monoisotopic (exact) mass is 248 g/mol. The first-order valence-corrected chi connectivity index (χ1v) is 5.87. The van der Waals surface area contributed by atoms with Crippen molar-refractivity contribution in [2.45, 2.75) is 11.4 Å².